The molecule has 3 N–H and O–H groups in total. The molecule has 0 fully saturated rings. The second-order valence-corrected chi connectivity index (χ2v) is 4.03. The number of benzene rings is 1. The fourth-order valence-corrected chi connectivity index (χ4v) is 1.98. The molecule has 0 saturated carbocycles. The maximum atomic E-state index is 11.4. The Morgan fingerprint density at radius 1 is 1.25 bits per heavy atom. The highest BCUT2D eigenvalue weighted by Crippen LogP contribution is 2.26. The summed E-state index contributed by atoms with van der Waals surface area (Å²) in [6.45, 7) is -0.489. The molecule has 4 nitrogen and oxygen atoms in total. The van der Waals surface area contributed by atoms with Crippen molar-refractivity contribution >= 4 is 5.78 Å². The highest BCUT2D eigenvalue weighted by Gasteiger charge is 2.23. The normalized spacial score (nSPS) is 18.3. The Labute approximate surface area is 93.2 Å². The summed E-state index contributed by atoms with van der Waals surface area (Å²) in [6, 6.07) is 5.02. The molecular weight excluding hydrogens is 208 g/mol. The number of hydrogen-bond acceptors (Lipinski definition) is 4. The third kappa shape index (κ3) is 1.87. The maximum absolute atomic E-state index is 11.4. The first-order valence-corrected chi connectivity index (χ1v) is 5.26. The van der Waals surface area contributed by atoms with Crippen LogP contribution in [0.5, 0.6) is 0 Å². The van der Waals surface area contributed by atoms with Crippen molar-refractivity contribution in [3.05, 3.63) is 34.9 Å². The van der Waals surface area contributed by atoms with Gasteiger partial charge >= 0.3 is 0 Å². The predicted molar refractivity (Wildman–Crippen MR) is 57.1 cm³/mol. The van der Waals surface area contributed by atoms with Crippen molar-refractivity contribution in [2.75, 3.05) is 6.61 Å². The van der Waals surface area contributed by atoms with Gasteiger partial charge in [0.1, 0.15) is 12.2 Å². The summed E-state index contributed by atoms with van der Waals surface area (Å²) in [5.41, 5.74) is 2.15. The lowest BCUT2D eigenvalue weighted by molar-refractivity contribution is -0.0152. The van der Waals surface area contributed by atoms with Gasteiger partial charge in [0.25, 0.3) is 0 Å². The highest BCUT2D eigenvalue weighted by molar-refractivity contribution is 6.00. The van der Waals surface area contributed by atoms with Gasteiger partial charge in [-0.1, -0.05) is 18.2 Å². The second kappa shape index (κ2) is 4.33. The van der Waals surface area contributed by atoms with Crippen LogP contribution < -0.4 is 0 Å². The van der Waals surface area contributed by atoms with Crippen LogP contribution in [-0.2, 0) is 6.42 Å². The number of fused-ring (bicyclic) bond motifs is 1. The minimum absolute atomic E-state index is 0.124. The molecule has 1 aromatic carbocycles. The van der Waals surface area contributed by atoms with Crippen LogP contribution in [0, 0.1) is 0 Å². The van der Waals surface area contributed by atoms with Crippen LogP contribution in [0.25, 0.3) is 0 Å². The van der Waals surface area contributed by atoms with Gasteiger partial charge < -0.3 is 15.3 Å². The summed E-state index contributed by atoms with van der Waals surface area (Å²) in [7, 11) is 0. The van der Waals surface area contributed by atoms with Crippen LogP contribution in [0.3, 0.4) is 0 Å². The molecule has 2 rings (SSSR count). The summed E-state index contributed by atoms with van der Waals surface area (Å²) < 4.78 is 0. The zero-order valence-corrected chi connectivity index (χ0v) is 8.76. The van der Waals surface area contributed by atoms with Crippen molar-refractivity contribution in [1.82, 2.24) is 0 Å². The molecule has 2 atom stereocenters. The largest absolute Gasteiger partial charge is 0.394 e. The molecule has 0 saturated heterocycles. The molecule has 1 aromatic rings. The Bertz CT molecular complexity index is 413. The molecule has 0 bridgehead atoms. The van der Waals surface area contributed by atoms with E-state index < -0.39 is 18.8 Å². The van der Waals surface area contributed by atoms with Crippen molar-refractivity contribution in [2.45, 2.75) is 25.0 Å². The van der Waals surface area contributed by atoms with Crippen molar-refractivity contribution in [2.24, 2.45) is 0 Å². The predicted octanol–water partition coefficient (Wildman–Crippen LogP) is 0.202. The number of Topliss-reactive ketones (excluding diaryl/α,β-unsaturated/α-hetero) is 1. The van der Waals surface area contributed by atoms with Gasteiger partial charge in [0.05, 0.1) is 6.61 Å². The highest BCUT2D eigenvalue weighted by atomic mass is 16.4. The molecule has 0 amide bonds. The number of aliphatic hydroxyl groups is 3. The van der Waals surface area contributed by atoms with Crippen LogP contribution in [-0.4, -0.2) is 33.8 Å². The van der Waals surface area contributed by atoms with E-state index in [1.165, 1.54) is 0 Å². The average molecular weight is 222 g/mol. The molecule has 2 unspecified atom stereocenters. The molecule has 0 radical (unpaired) electrons. The Balaban J connectivity index is 2.28. The van der Waals surface area contributed by atoms with Gasteiger partial charge in [-0.3, -0.25) is 4.79 Å². The van der Waals surface area contributed by atoms with E-state index in [1.54, 1.807) is 18.2 Å². The second-order valence-electron chi connectivity index (χ2n) is 4.03. The van der Waals surface area contributed by atoms with Crippen molar-refractivity contribution < 1.29 is 20.1 Å². The SMILES string of the molecule is O=C1CCc2cc(C(O)C(O)CO)ccc21. The first kappa shape index (κ1) is 11.3. The third-order valence-corrected chi connectivity index (χ3v) is 2.94. The number of aliphatic hydroxyl groups excluding tert-OH is 3. The van der Waals surface area contributed by atoms with Crippen LogP contribution in [0.1, 0.15) is 34.0 Å². The lowest BCUT2D eigenvalue weighted by atomic mass is 10.00. The van der Waals surface area contributed by atoms with Crippen LogP contribution in [0.4, 0.5) is 0 Å². The van der Waals surface area contributed by atoms with Crippen LogP contribution >= 0.6 is 0 Å². The zero-order chi connectivity index (χ0) is 11.7. The maximum Gasteiger partial charge on any atom is 0.163 e. The summed E-state index contributed by atoms with van der Waals surface area (Å²) in [4.78, 5) is 11.4. The van der Waals surface area contributed by atoms with Gasteiger partial charge in [-0.2, -0.15) is 0 Å². The molecular formula is C12H14O4. The quantitative estimate of drug-likeness (QED) is 0.682. The number of aryl methyl sites for hydroxylation is 1. The van der Waals surface area contributed by atoms with E-state index in [2.05, 4.69) is 0 Å². The molecule has 4 heteroatoms. The van der Waals surface area contributed by atoms with Crippen molar-refractivity contribution in [3.63, 3.8) is 0 Å². The smallest absolute Gasteiger partial charge is 0.163 e. The van der Waals surface area contributed by atoms with Gasteiger partial charge in [-0.25, -0.2) is 0 Å². The first-order chi connectivity index (χ1) is 7.63. The molecule has 0 heterocycles. The Morgan fingerprint density at radius 3 is 2.69 bits per heavy atom. The van der Waals surface area contributed by atoms with E-state index in [0.29, 0.717) is 24.0 Å². The summed E-state index contributed by atoms with van der Waals surface area (Å²) >= 11 is 0. The summed E-state index contributed by atoms with van der Waals surface area (Å²) in [5, 5.41) is 27.7. The lowest BCUT2D eigenvalue weighted by Gasteiger charge is -2.16. The number of hydrogen-bond donors (Lipinski definition) is 3. The van der Waals surface area contributed by atoms with Gasteiger partial charge in [0.15, 0.2) is 5.78 Å². The van der Waals surface area contributed by atoms with Gasteiger partial charge in [0, 0.05) is 12.0 Å². The molecule has 1 aliphatic rings. The topological polar surface area (TPSA) is 77.8 Å². The Hall–Kier alpha value is -1.23. The monoisotopic (exact) mass is 222 g/mol. The van der Waals surface area contributed by atoms with E-state index in [9.17, 15) is 15.0 Å². The number of ketones is 1. The molecule has 0 aromatic heterocycles. The molecule has 16 heavy (non-hydrogen) atoms. The number of carbonyl (C=O) groups is 1. The number of rotatable bonds is 3. The first-order valence-electron chi connectivity index (χ1n) is 5.26. The van der Waals surface area contributed by atoms with Crippen LogP contribution in [0.2, 0.25) is 0 Å². The molecule has 86 valence electrons. The summed E-state index contributed by atoms with van der Waals surface area (Å²) in [5.74, 6) is 0.124. The minimum atomic E-state index is -1.19. The fraction of sp³-hybridized carbons (Fsp3) is 0.417. The lowest BCUT2D eigenvalue weighted by Crippen LogP contribution is -2.22. The standard InChI is InChI=1S/C12H14O4/c13-6-11(15)12(16)8-1-3-9-7(5-8)2-4-10(9)14/h1,3,5,11-13,15-16H,2,4,6H2. The average Bonchev–Trinajstić information content (AvgIpc) is 2.68. The molecule has 1 aliphatic carbocycles. The number of carbonyl (C=O) groups excluding carboxylic acids is 1. The minimum Gasteiger partial charge on any atom is -0.394 e. The van der Waals surface area contributed by atoms with Crippen molar-refractivity contribution in [1.29, 1.82) is 0 Å². The van der Waals surface area contributed by atoms with E-state index in [-0.39, 0.29) is 5.78 Å². The van der Waals surface area contributed by atoms with E-state index in [1.807, 2.05) is 0 Å². The Morgan fingerprint density at radius 2 is 2.00 bits per heavy atom. The van der Waals surface area contributed by atoms with Gasteiger partial charge in [0.2, 0.25) is 0 Å². The van der Waals surface area contributed by atoms with Gasteiger partial charge in [-0.15, -0.1) is 0 Å². The zero-order valence-electron chi connectivity index (χ0n) is 8.76. The summed E-state index contributed by atoms with van der Waals surface area (Å²) in [6.07, 6.45) is -1.09. The van der Waals surface area contributed by atoms with E-state index in [4.69, 9.17) is 5.11 Å². The van der Waals surface area contributed by atoms with E-state index in [0.717, 1.165) is 5.56 Å². The van der Waals surface area contributed by atoms with Crippen LogP contribution in [0.15, 0.2) is 18.2 Å². The Kier molecular flexibility index (Phi) is 3.05. The molecule has 0 aliphatic heterocycles. The van der Waals surface area contributed by atoms with Crippen molar-refractivity contribution in [3.8, 4) is 0 Å². The fourth-order valence-electron chi connectivity index (χ4n) is 1.98. The van der Waals surface area contributed by atoms with E-state index >= 15 is 0 Å². The third-order valence-electron chi connectivity index (χ3n) is 2.94. The van der Waals surface area contributed by atoms with Gasteiger partial charge in [-0.05, 0) is 17.5 Å². The molecule has 0 spiro atoms.